The van der Waals surface area contributed by atoms with Gasteiger partial charge in [-0.3, -0.25) is 4.79 Å². The van der Waals surface area contributed by atoms with Gasteiger partial charge < -0.3 is 15.7 Å². The summed E-state index contributed by atoms with van der Waals surface area (Å²) >= 11 is 0. The molecule has 9 atom stereocenters. The number of rotatable bonds is 2. The minimum Gasteiger partial charge on any atom is -0.389 e. The molecule has 0 aromatic heterocycles. The summed E-state index contributed by atoms with van der Waals surface area (Å²) in [6, 6.07) is 1.57. The van der Waals surface area contributed by atoms with Crippen molar-refractivity contribution >= 4 is 5.91 Å². The van der Waals surface area contributed by atoms with E-state index in [1.807, 2.05) is 0 Å². The van der Waals surface area contributed by atoms with Crippen LogP contribution in [-0.2, 0) is 4.79 Å². The predicted octanol–water partition coefficient (Wildman–Crippen LogP) is 1.01. The molecule has 5 aliphatic carbocycles. The summed E-state index contributed by atoms with van der Waals surface area (Å²) in [6.07, 6.45) is 6.97. The fourth-order valence-electron chi connectivity index (χ4n) is 6.88. The average Bonchev–Trinajstić information content (AvgIpc) is 3.15. The predicted molar refractivity (Wildman–Crippen MR) is 82.7 cm³/mol. The lowest BCUT2D eigenvalue weighted by atomic mass is 9.48. The van der Waals surface area contributed by atoms with Crippen LogP contribution in [0.4, 0.5) is 0 Å². The highest BCUT2D eigenvalue weighted by Crippen LogP contribution is 2.59. The molecule has 0 aromatic rings. The van der Waals surface area contributed by atoms with Gasteiger partial charge >= 0.3 is 0 Å². The van der Waals surface area contributed by atoms with Crippen molar-refractivity contribution in [2.24, 2.45) is 35.3 Å². The van der Waals surface area contributed by atoms with Crippen LogP contribution in [0.2, 0.25) is 0 Å². The first kappa shape index (κ1) is 14.2. The maximum Gasteiger partial charge on any atom is 0.241 e. The lowest BCUT2D eigenvalue weighted by Crippen LogP contribution is -2.65. The van der Waals surface area contributed by atoms with Gasteiger partial charge in [0.15, 0.2) is 0 Å². The van der Waals surface area contributed by atoms with Crippen LogP contribution in [0.15, 0.2) is 0 Å². The lowest BCUT2D eigenvalue weighted by Gasteiger charge is -2.60. The number of piperidine rings is 1. The molecule has 2 unspecified atom stereocenters. The standard InChI is InChI=1S/C18H25N3O2/c19-8-13-4-11-5-14(11)21(13)17(22)16(20)15-12-2-9-1-10(3-12)7-18(15,23)6-9/h9-16,23H,1-7,20H2/t9-,10+,11-,12?,13+,14+,15+,16+,18?/m1/s1. The summed E-state index contributed by atoms with van der Waals surface area (Å²) in [5.41, 5.74) is 5.70. The Bertz CT molecular complexity index is 586. The molecule has 4 bridgehead atoms. The van der Waals surface area contributed by atoms with E-state index in [0.717, 1.165) is 38.5 Å². The number of nitriles is 1. The highest BCUT2D eigenvalue weighted by Gasteiger charge is 2.61. The van der Waals surface area contributed by atoms with Crippen molar-refractivity contribution in [2.45, 2.75) is 68.7 Å². The fraction of sp³-hybridized carbons (Fsp3) is 0.889. The molecule has 124 valence electrons. The van der Waals surface area contributed by atoms with E-state index in [1.54, 1.807) is 4.90 Å². The molecule has 0 aromatic carbocycles. The third-order valence-corrected chi connectivity index (χ3v) is 7.53. The zero-order chi connectivity index (χ0) is 15.9. The second-order valence-corrected chi connectivity index (χ2v) is 8.95. The number of aliphatic hydroxyl groups is 1. The number of hydrogen-bond acceptors (Lipinski definition) is 4. The third kappa shape index (κ3) is 1.88. The van der Waals surface area contributed by atoms with E-state index < -0.39 is 11.6 Å². The smallest absolute Gasteiger partial charge is 0.241 e. The molecule has 3 N–H and O–H groups in total. The van der Waals surface area contributed by atoms with Gasteiger partial charge in [-0.2, -0.15) is 5.26 Å². The van der Waals surface area contributed by atoms with Crippen molar-refractivity contribution in [1.29, 1.82) is 5.26 Å². The molecule has 1 saturated heterocycles. The minimum atomic E-state index is -0.741. The molecule has 6 aliphatic rings. The zero-order valence-electron chi connectivity index (χ0n) is 13.4. The van der Waals surface area contributed by atoms with Gasteiger partial charge in [-0.25, -0.2) is 0 Å². The van der Waals surface area contributed by atoms with Gasteiger partial charge in [0.05, 0.1) is 17.7 Å². The number of nitrogens with two attached hydrogens (primary N) is 1. The highest BCUT2D eigenvalue weighted by molar-refractivity contribution is 5.84. The Kier molecular flexibility index (Phi) is 2.78. The van der Waals surface area contributed by atoms with Crippen molar-refractivity contribution in [3.05, 3.63) is 0 Å². The second-order valence-electron chi connectivity index (χ2n) is 8.95. The van der Waals surface area contributed by atoms with Crippen molar-refractivity contribution in [3.8, 4) is 6.07 Å². The van der Waals surface area contributed by atoms with Gasteiger partial charge in [-0.15, -0.1) is 0 Å². The molecular weight excluding hydrogens is 290 g/mol. The van der Waals surface area contributed by atoms with E-state index in [2.05, 4.69) is 6.07 Å². The molecule has 5 saturated carbocycles. The van der Waals surface area contributed by atoms with Gasteiger partial charge in [-0.1, -0.05) is 0 Å². The molecule has 1 aliphatic heterocycles. The van der Waals surface area contributed by atoms with Crippen LogP contribution in [-0.4, -0.2) is 39.6 Å². The molecule has 0 radical (unpaired) electrons. The topological polar surface area (TPSA) is 90.4 Å². The highest BCUT2D eigenvalue weighted by atomic mass is 16.3. The van der Waals surface area contributed by atoms with E-state index >= 15 is 0 Å². The number of fused-ring (bicyclic) bond motifs is 1. The molecule has 5 heteroatoms. The summed E-state index contributed by atoms with van der Waals surface area (Å²) < 4.78 is 0. The Morgan fingerprint density at radius 3 is 2.48 bits per heavy atom. The Morgan fingerprint density at radius 1 is 1.17 bits per heavy atom. The van der Waals surface area contributed by atoms with Crippen LogP contribution in [0.25, 0.3) is 0 Å². The number of carbonyl (C=O) groups is 1. The van der Waals surface area contributed by atoms with Gasteiger partial charge in [-0.05, 0) is 68.6 Å². The average molecular weight is 315 g/mol. The zero-order valence-corrected chi connectivity index (χ0v) is 13.4. The van der Waals surface area contributed by atoms with E-state index in [0.29, 0.717) is 23.7 Å². The van der Waals surface area contributed by atoms with E-state index in [-0.39, 0.29) is 23.9 Å². The fourth-order valence-corrected chi connectivity index (χ4v) is 6.88. The second kappa shape index (κ2) is 4.49. The van der Waals surface area contributed by atoms with Gasteiger partial charge in [0, 0.05) is 12.0 Å². The summed E-state index contributed by atoms with van der Waals surface area (Å²) in [7, 11) is 0. The van der Waals surface area contributed by atoms with E-state index in [4.69, 9.17) is 5.73 Å². The minimum absolute atomic E-state index is 0.0764. The first-order valence-corrected chi connectivity index (χ1v) is 9.20. The van der Waals surface area contributed by atoms with Crippen LogP contribution in [0.3, 0.4) is 0 Å². The molecule has 1 amide bonds. The first-order valence-electron chi connectivity index (χ1n) is 9.20. The Hall–Kier alpha value is -1.12. The van der Waals surface area contributed by atoms with E-state index in [9.17, 15) is 15.2 Å². The van der Waals surface area contributed by atoms with E-state index in [1.165, 1.54) is 6.42 Å². The Labute approximate surface area is 136 Å². The van der Waals surface area contributed by atoms with Crippen LogP contribution >= 0.6 is 0 Å². The normalized spacial score (nSPS) is 53.8. The molecule has 0 spiro atoms. The van der Waals surface area contributed by atoms with Gasteiger partial charge in [0.25, 0.3) is 0 Å². The Morgan fingerprint density at radius 2 is 1.87 bits per heavy atom. The molecule has 23 heavy (non-hydrogen) atoms. The van der Waals surface area contributed by atoms with Crippen molar-refractivity contribution < 1.29 is 9.90 Å². The van der Waals surface area contributed by atoms with Crippen LogP contribution < -0.4 is 5.73 Å². The summed E-state index contributed by atoms with van der Waals surface area (Å²) in [5, 5.41) is 20.5. The number of amides is 1. The number of carbonyl (C=O) groups excluding carboxylic acids is 1. The van der Waals surface area contributed by atoms with Crippen molar-refractivity contribution in [3.63, 3.8) is 0 Å². The largest absolute Gasteiger partial charge is 0.389 e. The first-order chi connectivity index (χ1) is 11.0. The van der Waals surface area contributed by atoms with Crippen LogP contribution in [0, 0.1) is 40.9 Å². The summed E-state index contributed by atoms with van der Waals surface area (Å²) in [4.78, 5) is 14.8. The summed E-state index contributed by atoms with van der Waals surface area (Å²) in [6.45, 7) is 0. The maximum atomic E-state index is 13.1. The molecule has 5 nitrogen and oxygen atoms in total. The molecular formula is C18H25N3O2. The van der Waals surface area contributed by atoms with Crippen molar-refractivity contribution in [2.75, 3.05) is 0 Å². The van der Waals surface area contributed by atoms with Crippen molar-refractivity contribution in [1.82, 2.24) is 4.90 Å². The number of likely N-dealkylation sites (tertiary alicyclic amines) is 1. The van der Waals surface area contributed by atoms with Crippen LogP contribution in [0.5, 0.6) is 0 Å². The molecule has 6 fully saturated rings. The Balaban J connectivity index is 1.41. The van der Waals surface area contributed by atoms with Crippen LogP contribution in [0.1, 0.15) is 44.9 Å². The molecule has 6 rings (SSSR count). The molecule has 1 heterocycles. The van der Waals surface area contributed by atoms with Gasteiger partial charge in [0.2, 0.25) is 5.91 Å². The maximum absolute atomic E-state index is 13.1. The monoisotopic (exact) mass is 315 g/mol. The summed E-state index contributed by atoms with van der Waals surface area (Å²) in [5.74, 6) is 1.97. The third-order valence-electron chi connectivity index (χ3n) is 7.53. The number of nitrogens with zero attached hydrogens (tertiary/aromatic N) is 2. The lowest BCUT2D eigenvalue weighted by molar-refractivity contribution is -0.183. The quantitative estimate of drug-likeness (QED) is 0.796. The number of hydrogen-bond donors (Lipinski definition) is 2. The van der Waals surface area contributed by atoms with Gasteiger partial charge in [0.1, 0.15) is 6.04 Å². The SMILES string of the molecule is N#C[C@@H]1C[C@@H]2C[C@@H]2N1C(=O)[C@@H](N)[C@@H]1C2C[C@@H]3C[C@H](C2)CC1(O)C3.